The minimum atomic E-state index is -0.0993. The molecule has 0 aliphatic heterocycles. The van der Waals surface area contributed by atoms with Crippen molar-refractivity contribution in [2.45, 2.75) is 0 Å². The standard InChI is InChI=1S/C9H13N3O2/c1-10-8(13)6-12-9-7(14-2)4-3-5-11-9/h3-5H,6H2,1-2H3,(H,10,13)(H,11,12). The van der Waals surface area contributed by atoms with E-state index in [-0.39, 0.29) is 12.5 Å². The van der Waals surface area contributed by atoms with E-state index >= 15 is 0 Å². The summed E-state index contributed by atoms with van der Waals surface area (Å²) in [4.78, 5) is 15.0. The zero-order valence-corrected chi connectivity index (χ0v) is 8.20. The lowest BCUT2D eigenvalue weighted by atomic mass is 10.4. The van der Waals surface area contributed by atoms with Crippen LogP contribution in [0.3, 0.4) is 0 Å². The number of hydrogen-bond acceptors (Lipinski definition) is 4. The molecule has 1 amide bonds. The number of ether oxygens (including phenoxy) is 1. The summed E-state index contributed by atoms with van der Waals surface area (Å²) in [6, 6.07) is 3.54. The molecule has 76 valence electrons. The second-order valence-electron chi connectivity index (χ2n) is 2.58. The summed E-state index contributed by atoms with van der Waals surface area (Å²) in [6.07, 6.45) is 1.63. The number of carbonyl (C=O) groups excluding carboxylic acids is 1. The van der Waals surface area contributed by atoms with Gasteiger partial charge in [0.15, 0.2) is 11.6 Å². The van der Waals surface area contributed by atoms with Gasteiger partial charge in [0.25, 0.3) is 0 Å². The lowest BCUT2D eigenvalue weighted by molar-refractivity contribution is -0.118. The molecule has 1 heterocycles. The van der Waals surface area contributed by atoms with Crippen LogP contribution in [-0.2, 0) is 4.79 Å². The molecule has 1 rings (SSSR count). The van der Waals surface area contributed by atoms with E-state index in [9.17, 15) is 4.79 Å². The Labute approximate surface area is 82.5 Å². The molecule has 0 aromatic carbocycles. The number of rotatable bonds is 4. The number of amides is 1. The van der Waals surface area contributed by atoms with Gasteiger partial charge in [-0.15, -0.1) is 0 Å². The number of methoxy groups -OCH3 is 1. The number of nitrogens with zero attached hydrogens (tertiary/aromatic N) is 1. The van der Waals surface area contributed by atoms with Crippen molar-refractivity contribution in [2.75, 3.05) is 26.0 Å². The Kier molecular flexibility index (Phi) is 3.72. The molecule has 5 heteroatoms. The quantitative estimate of drug-likeness (QED) is 0.722. The lowest BCUT2D eigenvalue weighted by Crippen LogP contribution is -2.26. The van der Waals surface area contributed by atoms with Gasteiger partial charge in [-0.1, -0.05) is 0 Å². The summed E-state index contributed by atoms with van der Waals surface area (Å²) in [5.74, 6) is 1.09. The average molecular weight is 195 g/mol. The smallest absolute Gasteiger partial charge is 0.239 e. The third kappa shape index (κ3) is 2.62. The van der Waals surface area contributed by atoms with Crippen LogP contribution in [0, 0.1) is 0 Å². The fourth-order valence-corrected chi connectivity index (χ4v) is 0.940. The van der Waals surface area contributed by atoms with Gasteiger partial charge in [-0.25, -0.2) is 4.98 Å². The van der Waals surface area contributed by atoms with Crippen LogP contribution in [-0.4, -0.2) is 31.6 Å². The van der Waals surface area contributed by atoms with E-state index in [1.54, 1.807) is 32.5 Å². The number of likely N-dealkylation sites (N-methyl/N-ethyl adjacent to an activating group) is 1. The average Bonchev–Trinajstić information content (AvgIpc) is 2.26. The van der Waals surface area contributed by atoms with Gasteiger partial charge in [-0.2, -0.15) is 0 Å². The van der Waals surface area contributed by atoms with Crippen LogP contribution in [0.4, 0.5) is 5.82 Å². The summed E-state index contributed by atoms with van der Waals surface area (Å²) in [7, 11) is 3.14. The molecule has 0 saturated heterocycles. The molecule has 0 radical (unpaired) electrons. The second kappa shape index (κ2) is 5.06. The van der Waals surface area contributed by atoms with Crippen molar-refractivity contribution < 1.29 is 9.53 Å². The molecule has 0 unspecified atom stereocenters. The molecule has 1 aromatic heterocycles. The maximum Gasteiger partial charge on any atom is 0.239 e. The first-order valence-corrected chi connectivity index (χ1v) is 4.21. The summed E-state index contributed by atoms with van der Waals surface area (Å²) < 4.78 is 5.05. The van der Waals surface area contributed by atoms with E-state index in [0.717, 1.165) is 0 Å². The molecule has 2 N–H and O–H groups in total. The maximum atomic E-state index is 10.9. The Morgan fingerprint density at radius 2 is 2.43 bits per heavy atom. The minimum Gasteiger partial charge on any atom is -0.493 e. The van der Waals surface area contributed by atoms with E-state index in [2.05, 4.69) is 15.6 Å². The third-order valence-electron chi connectivity index (χ3n) is 1.69. The molecular weight excluding hydrogens is 182 g/mol. The predicted molar refractivity (Wildman–Crippen MR) is 53.3 cm³/mol. The van der Waals surface area contributed by atoms with Crippen LogP contribution in [0.25, 0.3) is 0 Å². The largest absolute Gasteiger partial charge is 0.493 e. The van der Waals surface area contributed by atoms with Gasteiger partial charge in [0.1, 0.15) is 0 Å². The van der Waals surface area contributed by atoms with Crippen LogP contribution in [0.1, 0.15) is 0 Å². The highest BCUT2D eigenvalue weighted by molar-refractivity contribution is 5.80. The van der Waals surface area contributed by atoms with E-state index < -0.39 is 0 Å². The molecule has 0 aliphatic rings. The number of aromatic nitrogens is 1. The lowest BCUT2D eigenvalue weighted by Gasteiger charge is -2.08. The molecule has 0 atom stereocenters. The topological polar surface area (TPSA) is 63.2 Å². The van der Waals surface area contributed by atoms with Crippen molar-refractivity contribution in [3.63, 3.8) is 0 Å². The zero-order valence-electron chi connectivity index (χ0n) is 8.20. The van der Waals surface area contributed by atoms with Crippen LogP contribution >= 0.6 is 0 Å². The first-order valence-electron chi connectivity index (χ1n) is 4.21. The van der Waals surface area contributed by atoms with Crippen molar-refractivity contribution in [3.05, 3.63) is 18.3 Å². The summed E-state index contributed by atoms with van der Waals surface area (Å²) in [5.41, 5.74) is 0. The highest BCUT2D eigenvalue weighted by Crippen LogP contribution is 2.19. The van der Waals surface area contributed by atoms with Crippen molar-refractivity contribution in [1.82, 2.24) is 10.3 Å². The van der Waals surface area contributed by atoms with Crippen LogP contribution in [0.5, 0.6) is 5.75 Å². The minimum absolute atomic E-state index is 0.0993. The molecule has 0 spiro atoms. The molecule has 0 saturated carbocycles. The van der Waals surface area contributed by atoms with Gasteiger partial charge in [-0.3, -0.25) is 4.79 Å². The molecule has 0 bridgehead atoms. The highest BCUT2D eigenvalue weighted by atomic mass is 16.5. The Balaban J connectivity index is 2.61. The summed E-state index contributed by atoms with van der Waals surface area (Å²) in [5, 5.41) is 5.37. The van der Waals surface area contributed by atoms with Crippen molar-refractivity contribution in [3.8, 4) is 5.75 Å². The Morgan fingerprint density at radius 3 is 3.07 bits per heavy atom. The highest BCUT2D eigenvalue weighted by Gasteiger charge is 2.03. The van der Waals surface area contributed by atoms with Gasteiger partial charge in [0.05, 0.1) is 13.7 Å². The van der Waals surface area contributed by atoms with E-state index in [1.165, 1.54) is 0 Å². The fourth-order valence-electron chi connectivity index (χ4n) is 0.940. The summed E-state index contributed by atoms with van der Waals surface area (Å²) >= 11 is 0. The summed E-state index contributed by atoms with van der Waals surface area (Å²) in [6.45, 7) is 0.184. The molecule has 0 aliphatic carbocycles. The van der Waals surface area contributed by atoms with Crippen molar-refractivity contribution in [2.24, 2.45) is 0 Å². The van der Waals surface area contributed by atoms with Crippen molar-refractivity contribution in [1.29, 1.82) is 0 Å². The predicted octanol–water partition coefficient (Wildman–Crippen LogP) is 0.248. The normalized spacial score (nSPS) is 9.29. The van der Waals surface area contributed by atoms with Crippen LogP contribution < -0.4 is 15.4 Å². The molecule has 5 nitrogen and oxygen atoms in total. The monoisotopic (exact) mass is 195 g/mol. The van der Waals surface area contributed by atoms with Gasteiger partial charge in [0.2, 0.25) is 5.91 Å². The van der Waals surface area contributed by atoms with Gasteiger partial charge in [0, 0.05) is 13.2 Å². The van der Waals surface area contributed by atoms with E-state index in [4.69, 9.17) is 4.74 Å². The SMILES string of the molecule is CNC(=O)CNc1ncccc1OC. The van der Waals surface area contributed by atoms with E-state index in [0.29, 0.717) is 11.6 Å². The first-order chi connectivity index (χ1) is 6.77. The molecular formula is C9H13N3O2. The third-order valence-corrected chi connectivity index (χ3v) is 1.69. The first kappa shape index (κ1) is 10.3. The Bertz CT molecular complexity index is 315. The van der Waals surface area contributed by atoms with E-state index in [1.807, 2.05) is 0 Å². The number of carbonyl (C=O) groups is 1. The Morgan fingerprint density at radius 1 is 1.64 bits per heavy atom. The second-order valence-corrected chi connectivity index (χ2v) is 2.58. The number of pyridine rings is 1. The fraction of sp³-hybridized carbons (Fsp3) is 0.333. The molecule has 0 fully saturated rings. The van der Waals surface area contributed by atoms with Gasteiger partial charge < -0.3 is 15.4 Å². The zero-order chi connectivity index (χ0) is 10.4. The van der Waals surface area contributed by atoms with Gasteiger partial charge in [-0.05, 0) is 12.1 Å². The molecule has 1 aromatic rings. The van der Waals surface area contributed by atoms with Gasteiger partial charge >= 0.3 is 0 Å². The number of nitrogens with one attached hydrogen (secondary N) is 2. The number of hydrogen-bond donors (Lipinski definition) is 2. The Hall–Kier alpha value is -1.78. The van der Waals surface area contributed by atoms with Crippen LogP contribution in [0.2, 0.25) is 0 Å². The molecule has 14 heavy (non-hydrogen) atoms. The maximum absolute atomic E-state index is 10.9. The number of anilines is 1. The van der Waals surface area contributed by atoms with Crippen molar-refractivity contribution >= 4 is 11.7 Å². The van der Waals surface area contributed by atoms with Crippen LogP contribution in [0.15, 0.2) is 18.3 Å².